The molecule has 1 aliphatic rings. The first kappa shape index (κ1) is 23.9. The summed E-state index contributed by atoms with van der Waals surface area (Å²) in [6.45, 7) is 4.25. The maximum atomic E-state index is 13.2. The van der Waals surface area contributed by atoms with E-state index in [1.807, 2.05) is 6.92 Å². The number of hydrogen-bond donors (Lipinski definition) is 1. The van der Waals surface area contributed by atoms with E-state index in [0.717, 1.165) is 6.42 Å². The van der Waals surface area contributed by atoms with Crippen LogP contribution in [0.1, 0.15) is 36.3 Å². The van der Waals surface area contributed by atoms with Crippen molar-refractivity contribution in [1.29, 1.82) is 0 Å². The van der Waals surface area contributed by atoms with Gasteiger partial charge in [-0.25, -0.2) is 0 Å². The lowest BCUT2D eigenvalue weighted by molar-refractivity contribution is -0.132. The zero-order valence-electron chi connectivity index (χ0n) is 19.9. The summed E-state index contributed by atoms with van der Waals surface area (Å²) in [6.07, 6.45) is 0.859. The standard InChI is InChI=1S/C26H26N2O7/c1-5-12-34-18-9-6-16(7-10-18)24(29)22-23(17-8-11-19(32-3)20(14-17)33-4)28(26(31)25(22)30)21-13-15(2)35-27-21/h6-11,13-14,23,29H,5,12H2,1-4H3/b24-22+. The average molecular weight is 479 g/mol. The Kier molecular flexibility index (Phi) is 6.77. The second-order valence-corrected chi connectivity index (χ2v) is 7.95. The molecule has 0 radical (unpaired) electrons. The number of aromatic nitrogens is 1. The van der Waals surface area contributed by atoms with E-state index in [1.54, 1.807) is 55.5 Å². The van der Waals surface area contributed by atoms with Crippen molar-refractivity contribution >= 4 is 23.3 Å². The molecule has 1 aromatic heterocycles. The minimum atomic E-state index is -0.977. The summed E-state index contributed by atoms with van der Waals surface area (Å²) in [5.41, 5.74) is 0.811. The van der Waals surface area contributed by atoms with Crippen LogP contribution in [0.15, 0.2) is 58.6 Å². The number of aliphatic hydroxyl groups excluding tert-OH is 1. The smallest absolute Gasteiger partial charge is 0.301 e. The molecule has 182 valence electrons. The molecule has 1 fully saturated rings. The fourth-order valence-electron chi connectivity index (χ4n) is 3.96. The molecule has 1 aliphatic heterocycles. The summed E-state index contributed by atoms with van der Waals surface area (Å²) in [6, 6.07) is 12.3. The monoisotopic (exact) mass is 478 g/mol. The largest absolute Gasteiger partial charge is 0.507 e. The molecular formula is C26H26N2O7. The number of Topliss-reactive ketones (excluding diaryl/α,β-unsaturated/α-hetero) is 1. The molecule has 0 saturated carbocycles. The lowest BCUT2D eigenvalue weighted by Crippen LogP contribution is -2.29. The fraction of sp³-hybridized carbons (Fsp3) is 0.269. The minimum Gasteiger partial charge on any atom is -0.507 e. The van der Waals surface area contributed by atoms with Gasteiger partial charge in [-0.1, -0.05) is 18.1 Å². The van der Waals surface area contributed by atoms with Crippen LogP contribution in [0.5, 0.6) is 17.2 Å². The Labute approximate surface area is 202 Å². The van der Waals surface area contributed by atoms with E-state index in [1.165, 1.54) is 19.1 Å². The third-order valence-electron chi connectivity index (χ3n) is 5.63. The third kappa shape index (κ3) is 4.44. The zero-order chi connectivity index (χ0) is 25.1. The van der Waals surface area contributed by atoms with Crippen molar-refractivity contribution in [3.05, 3.63) is 71.0 Å². The van der Waals surface area contributed by atoms with Crippen LogP contribution in [-0.4, -0.2) is 42.8 Å². The fourth-order valence-corrected chi connectivity index (χ4v) is 3.96. The molecule has 9 nitrogen and oxygen atoms in total. The molecule has 0 spiro atoms. The van der Waals surface area contributed by atoms with E-state index in [0.29, 0.717) is 40.7 Å². The summed E-state index contributed by atoms with van der Waals surface area (Å²) >= 11 is 0. The van der Waals surface area contributed by atoms with Crippen LogP contribution < -0.4 is 19.1 Å². The number of aryl methyl sites for hydroxylation is 1. The molecule has 1 unspecified atom stereocenters. The number of carbonyl (C=O) groups is 2. The van der Waals surface area contributed by atoms with Gasteiger partial charge in [-0.3, -0.25) is 14.5 Å². The maximum Gasteiger partial charge on any atom is 0.301 e. The normalized spacial score (nSPS) is 17.0. The van der Waals surface area contributed by atoms with Gasteiger partial charge in [0.2, 0.25) is 0 Å². The van der Waals surface area contributed by atoms with Gasteiger partial charge in [-0.05, 0) is 55.3 Å². The van der Waals surface area contributed by atoms with Gasteiger partial charge in [0.05, 0.1) is 32.4 Å². The number of methoxy groups -OCH3 is 2. The minimum absolute atomic E-state index is 0.0786. The first-order valence-electron chi connectivity index (χ1n) is 11.1. The number of rotatable bonds is 8. The maximum absolute atomic E-state index is 13.2. The second kappa shape index (κ2) is 9.92. The predicted octanol–water partition coefficient (Wildman–Crippen LogP) is 4.42. The number of ether oxygens (including phenoxy) is 3. The SMILES string of the molecule is CCCOc1ccc(/C(O)=C2\C(=O)C(=O)N(c3cc(C)on3)C2c2ccc(OC)c(OC)c2)cc1. The van der Waals surface area contributed by atoms with Crippen molar-refractivity contribution in [2.45, 2.75) is 26.3 Å². The Morgan fingerprint density at radius 3 is 2.37 bits per heavy atom. The van der Waals surface area contributed by atoms with Crippen LogP contribution >= 0.6 is 0 Å². The van der Waals surface area contributed by atoms with Crippen LogP contribution in [0.2, 0.25) is 0 Å². The number of amides is 1. The van der Waals surface area contributed by atoms with Crippen molar-refractivity contribution in [1.82, 2.24) is 5.16 Å². The number of anilines is 1. The molecule has 2 heterocycles. The van der Waals surface area contributed by atoms with Crippen molar-refractivity contribution < 1.29 is 33.4 Å². The molecule has 9 heteroatoms. The first-order valence-corrected chi connectivity index (χ1v) is 11.1. The van der Waals surface area contributed by atoms with Gasteiger partial charge in [0.25, 0.3) is 5.78 Å². The molecule has 1 saturated heterocycles. The molecule has 0 aliphatic carbocycles. The molecule has 2 aromatic carbocycles. The molecular weight excluding hydrogens is 452 g/mol. The van der Waals surface area contributed by atoms with Crippen LogP contribution in [0, 0.1) is 6.92 Å². The van der Waals surface area contributed by atoms with Gasteiger partial charge in [-0.15, -0.1) is 0 Å². The highest BCUT2D eigenvalue weighted by Gasteiger charge is 2.48. The summed E-state index contributed by atoms with van der Waals surface area (Å²) in [5, 5.41) is 15.2. The number of aliphatic hydroxyl groups is 1. The van der Waals surface area contributed by atoms with Gasteiger partial charge < -0.3 is 23.8 Å². The van der Waals surface area contributed by atoms with Crippen LogP contribution in [0.25, 0.3) is 5.76 Å². The Bertz CT molecular complexity index is 1280. The number of ketones is 1. The highest BCUT2D eigenvalue weighted by atomic mass is 16.5. The van der Waals surface area contributed by atoms with E-state index >= 15 is 0 Å². The van der Waals surface area contributed by atoms with E-state index in [-0.39, 0.29) is 17.2 Å². The molecule has 35 heavy (non-hydrogen) atoms. The molecule has 3 aromatic rings. The second-order valence-electron chi connectivity index (χ2n) is 7.95. The van der Waals surface area contributed by atoms with Crippen LogP contribution in [0.3, 0.4) is 0 Å². The van der Waals surface area contributed by atoms with Gasteiger partial charge in [0.1, 0.15) is 17.3 Å². The first-order chi connectivity index (χ1) is 16.9. The number of benzene rings is 2. The lowest BCUT2D eigenvalue weighted by Gasteiger charge is -2.23. The molecule has 1 amide bonds. The highest BCUT2D eigenvalue weighted by molar-refractivity contribution is 6.51. The zero-order valence-corrected chi connectivity index (χ0v) is 19.9. The third-order valence-corrected chi connectivity index (χ3v) is 5.63. The van der Waals surface area contributed by atoms with Crippen molar-refractivity contribution in [3.63, 3.8) is 0 Å². The average Bonchev–Trinajstić information content (AvgIpc) is 3.42. The van der Waals surface area contributed by atoms with Gasteiger partial charge >= 0.3 is 5.91 Å². The summed E-state index contributed by atoms with van der Waals surface area (Å²) in [4.78, 5) is 27.6. The topological polar surface area (TPSA) is 111 Å². The van der Waals surface area contributed by atoms with Crippen molar-refractivity contribution in [2.75, 3.05) is 25.7 Å². The van der Waals surface area contributed by atoms with E-state index in [2.05, 4.69) is 5.16 Å². The molecule has 4 rings (SSSR count). The summed E-state index contributed by atoms with van der Waals surface area (Å²) in [5.74, 6) is 0.169. The van der Waals surface area contributed by atoms with Crippen LogP contribution in [0.4, 0.5) is 5.82 Å². The Hall–Kier alpha value is -4.27. The van der Waals surface area contributed by atoms with Gasteiger partial charge in [0, 0.05) is 11.6 Å². The van der Waals surface area contributed by atoms with Crippen molar-refractivity contribution in [2.24, 2.45) is 0 Å². The molecule has 1 N–H and O–H groups in total. The molecule has 0 bridgehead atoms. The van der Waals surface area contributed by atoms with Gasteiger partial charge in [-0.2, -0.15) is 0 Å². The Morgan fingerprint density at radius 2 is 1.77 bits per heavy atom. The number of hydrogen-bond acceptors (Lipinski definition) is 8. The van der Waals surface area contributed by atoms with E-state index < -0.39 is 17.7 Å². The highest BCUT2D eigenvalue weighted by Crippen LogP contribution is 2.44. The molecule has 1 atom stereocenters. The van der Waals surface area contributed by atoms with E-state index in [9.17, 15) is 14.7 Å². The van der Waals surface area contributed by atoms with Crippen LogP contribution in [-0.2, 0) is 9.59 Å². The number of nitrogens with zero attached hydrogens (tertiary/aromatic N) is 2. The summed E-state index contributed by atoms with van der Waals surface area (Å²) < 4.78 is 21.5. The Morgan fingerprint density at radius 1 is 1.06 bits per heavy atom. The Balaban J connectivity index is 1.87. The summed E-state index contributed by atoms with van der Waals surface area (Å²) in [7, 11) is 3.00. The van der Waals surface area contributed by atoms with Crippen molar-refractivity contribution in [3.8, 4) is 17.2 Å². The van der Waals surface area contributed by atoms with Gasteiger partial charge in [0.15, 0.2) is 17.3 Å². The quantitative estimate of drug-likeness (QED) is 0.288. The lowest BCUT2D eigenvalue weighted by atomic mass is 9.95. The van der Waals surface area contributed by atoms with E-state index in [4.69, 9.17) is 18.7 Å². The number of carbonyl (C=O) groups excluding carboxylic acids is 2. The predicted molar refractivity (Wildman–Crippen MR) is 128 cm³/mol.